The van der Waals surface area contributed by atoms with Gasteiger partial charge < -0.3 is 14.9 Å². The van der Waals surface area contributed by atoms with E-state index < -0.39 is 0 Å². The zero-order valence-corrected chi connectivity index (χ0v) is 16.0. The summed E-state index contributed by atoms with van der Waals surface area (Å²) in [5.41, 5.74) is 5.16. The number of hydrogen-bond acceptors (Lipinski definition) is 4. The van der Waals surface area contributed by atoms with Crippen molar-refractivity contribution >= 4 is 34.8 Å². The van der Waals surface area contributed by atoms with Gasteiger partial charge in [-0.2, -0.15) is 0 Å². The largest absolute Gasteiger partial charge is 0.391 e. The van der Waals surface area contributed by atoms with Gasteiger partial charge in [-0.05, 0) is 30.0 Å². The van der Waals surface area contributed by atoms with Gasteiger partial charge in [-0.25, -0.2) is 4.98 Å². The van der Waals surface area contributed by atoms with Gasteiger partial charge in [0.25, 0.3) is 0 Å². The highest BCUT2D eigenvalue weighted by Crippen LogP contribution is 2.34. The molecule has 3 aromatic rings. The summed E-state index contributed by atoms with van der Waals surface area (Å²) in [6.45, 7) is 3.50. The second-order valence-electron chi connectivity index (χ2n) is 7.35. The zero-order chi connectivity index (χ0) is 17.5. The van der Waals surface area contributed by atoms with E-state index in [1.807, 2.05) is 6.07 Å². The maximum Gasteiger partial charge on any atom is 0.131 e. The summed E-state index contributed by atoms with van der Waals surface area (Å²) in [7, 11) is 0. The number of hydrogen-bond donors (Lipinski definition) is 1. The van der Waals surface area contributed by atoms with Gasteiger partial charge in [-0.1, -0.05) is 42.5 Å². The standard InChI is InChI=1S/C22H23N3O.ClH/c26-18-10-12-25(15-18)22-13-21(19-7-3-4-8-20(19)23-22)24-11-9-16-5-1-2-6-17(16)14-24;/h1-8,13,18,26H,9-12,14-15H2;1H/t18-;/m1./s1. The predicted molar refractivity (Wildman–Crippen MR) is 113 cm³/mol. The lowest BCUT2D eigenvalue weighted by Crippen LogP contribution is -2.31. The Morgan fingerprint density at radius 2 is 1.70 bits per heavy atom. The summed E-state index contributed by atoms with van der Waals surface area (Å²) < 4.78 is 0. The molecule has 0 amide bonds. The SMILES string of the molecule is Cl.O[C@@H]1CCN(c2cc(N3CCc4ccccc4C3)c3ccccc3n2)C1. The van der Waals surface area contributed by atoms with Gasteiger partial charge in [0.05, 0.1) is 17.3 Å². The first-order chi connectivity index (χ1) is 12.8. The molecule has 5 rings (SSSR count). The molecule has 0 spiro atoms. The van der Waals surface area contributed by atoms with E-state index in [9.17, 15) is 5.11 Å². The van der Waals surface area contributed by atoms with E-state index in [1.165, 1.54) is 22.2 Å². The third kappa shape index (κ3) is 3.35. The fourth-order valence-corrected chi connectivity index (χ4v) is 4.22. The van der Waals surface area contributed by atoms with Crippen molar-refractivity contribution < 1.29 is 5.11 Å². The van der Waals surface area contributed by atoms with Crippen LogP contribution in [0.2, 0.25) is 0 Å². The minimum atomic E-state index is -0.242. The molecular formula is C22H24ClN3O. The molecule has 0 bridgehead atoms. The lowest BCUT2D eigenvalue weighted by Gasteiger charge is -2.32. The molecule has 140 valence electrons. The Morgan fingerprint density at radius 3 is 2.52 bits per heavy atom. The second-order valence-corrected chi connectivity index (χ2v) is 7.35. The number of halogens is 1. The van der Waals surface area contributed by atoms with E-state index in [2.05, 4.69) is 58.3 Å². The molecule has 2 aliphatic heterocycles. The number of aliphatic hydroxyl groups is 1. The normalized spacial score (nSPS) is 19.1. The first kappa shape index (κ1) is 18.1. The van der Waals surface area contributed by atoms with Crippen molar-refractivity contribution in [2.24, 2.45) is 0 Å². The molecule has 1 atom stereocenters. The van der Waals surface area contributed by atoms with Gasteiger partial charge in [0, 0.05) is 37.6 Å². The number of pyridine rings is 1. The van der Waals surface area contributed by atoms with Gasteiger partial charge in [-0.15, -0.1) is 12.4 Å². The van der Waals surface area contributed by atoms with Crippen molar-refractivity contribution in [2.75, 3.05) is 29.4 Å². The smallest absolute Gasteiger partial charge is 0.131 e. The Kier molecular flexibility index (Phi) is 4.94. The van der Waals surface area contributed by atoms with Crippen LogP contribution < -0.4 is 9.80 Å². The molecule has 1 aromatic heterocycles. The summed E-state index contributed by atoms with van der Waals surface area (Å²) in [5.74, 6) is 0.981. The Bertz CT molecular complexity index is 961. The van der Waals surface area contributed by atoms with Crippen molar-refractivity contribution in [1.29, 1.82) is 0 Å². The van der Waals surface area contributed by atoms with Crippen LogP contribution in [0.5, 0.6) is 0 Å². The number of aromatic nitrogens is 1. The number of anilines is 2. The van der Waals surface area contributed by atoms with Crippen molar-refractivity contribution in [3.05, 3.63) is 65.7 Å². The molecular weight excluding hydrogens is 358 g/mol. The summed E-state index contributed by atoms with van der Waals surface area (Å²) in [5, 5.41) is 11.1. The van der Waals surface area contributed by atoms with Crippen LogP contribution in [0.25, 0.3) is 10.9 Å². The van der Waals surface area contributed by atoms with Crippen LogP contribution in [0.1, 0.15) is 17.5 Å². The summed E-state index contributed by atoms with van der Waals surface area (Å²) in [4.78, 5) is 9.56. The lowest BCUT2D eigenvalue weighted by atomic mass is 9.99. The highest BCUT2D eigenvalue weighted by atomic mass is 35.5. The Hall–Kier alpha value is -2.30. The lowest BCUT2D eigenvalue weighted by molar-refractivity contribution is 0.198. The fourth-order valence-electron chi connectivity index (χ4n) is 4.22. The average molecular weight is 382 g/mol. The zero-order valence-electron chi connectivity index (χ0n) is 15.2. The van der Waals surface area contributed by atoms with Gasteiger partial charge in [-0.3, -0.25) is 0 Å². The number of fused-ring (bicyclic) bond motifs is 2. The quantitative estimate of drug-likeness (QED) is 0.733. The maximum absolute atomic E-state index is 9.92. The molecule has 5 heteroatoms. The molecule has 1 saturated heterocycles. The fraction of sp³-hybridized carbons (Fsp3) is 0.318. The van der Waals surface area contributed by atoms with Gasteiger partial charge in [0.15, 0.2) is 0 Å². The number of aliphatic hydroxyl groups excluding tert-OH is 1. The number of benzene rings is 2. The first-order valence-electron chi connectivity index (χ1n) is 9.42. The van der Waals surface area contributed by atoms with Crippen LogP contribution >= 0.6 is 12.4 Å². The molecule has 4 nitrogen and oxygen atoms in total. The van der Waals surface area contributed by atoms with Crippen LogP contribution in [-0.4, -0.2) is 35.8 Å². The molecule has 0 aliphatic carbocycles. The highest BCUT2D eigenvalue weighted by molar-refractivity contribution is 5.93. The van der Waals surface area contributed by atoms with Crippen molar-refractivity contribution in [1.82, 2.24) is 4.98 Å². The predicted octanol–water partition coefficient (Wildman–Crippen LogP) is 3.79. The van der Waals surface area contributed by atoms with E-state index in [1.54, 1.807) is 0 Å². The molecule has 27 heavy (non-hydrogen) atoms. The highest BCUT2D eigenvalue weighted by Gasteiger charge is 2.24. The van der Waals surface area contributed by atoms with E-state index in [0.29, 0.717) is 6.54 Å². The van der Waals surface area contributed by atoms with Crippen molar-refractivity contribution in [3.8, 4) is 0 Å². The third-order valence-corrected chi connectivity index (χ3v) is 5.64. The van der Waals surface area contributed by atoms with Gasteiger partial charge >= 0.3 is 0 Å². The average Bonchev–Trinajstić information content (AvgIpc) is 3.13. The first-order valence-corrected chi connectivity index (χ1v) is 9.42. The number of para-hydroxylation sites is 1. The molecule has 1 fully saturated rings. The third-order valence-electron chi connectivity index (χ3n) is 5.64. The molecule has 2 aromatic carbocycles. The van der Waals surface area contributed by atoms with E-state index in [4.69, 9.17) is 4.98 Å². The molecule has 0 radical (unpaired) electrons. The van der Waals surface area contributed by atoms with Gasteiger partial charge in [0.2, 0.25) is 0 Å². The summed E-state index contributed by atoms with van der Waals surface area (Å²) in [6, 6.07) is 19.4. The number of rotatable bonds is 2. The van der Waals surface area contributed by atoms with Crippen LogP contribution in [0.4, 0.5) is 11.5 Å². The molecule has 2 aliphatic rings. The molecule has 0 saturated carbocycles. The van der Waals surface area contributed by atoms with Crippen molar-refractivity contribution in [2.45, 2.75) is 25.5 Å². The molecule has 0 unspecified atom stereocenters. The topological polar surface area (TPSA) is 39.6 Å². The van der Waals surface area contributed by atoms with Crippen LogP contribution in [0.15, 0.2) is 54.6 Å². The minimum Gasteiger partial charge on any atom is -0.391 e. The Balaban J connectivity index is 0.00000180. The van der Waals surface area contributed by atoms with Crippen molar-refractivity contribution in [3.63, 3.8) is 0 Å². The van der Waals surface area contributed by atoms with Crippen LogP contribution in [0.3, 0.4) is 0 Å². The second kappa shape index (κ2) is 7.37. The molecule has 1 N–H and O–H groups in total. The monoisotopic (exact) mass is 381 g/mol. The van der Waals surface area contributed by atoms with E-state index in [0.717, 1.165) is 43.8 Å². The Morgan fingerprint density at radius 1 is 0.926 bits per heavy atom. The number of nitrogens with zero attached hydrogens (tertiary/aromatic N) is 3. The molecule has 3 heterocycles. The maximum atomic E-state index is 9.92. The summed E-state index contributed by atoms with van der Waals surface area (Å²) >= 11 is 0. The Labute approximate surface area is 165 Å². The number of β-amino-alcohol motifs (C(OH)–C–C–N with tert-alkyl or cyclic N) is 1. The summed E-state index contributed by atoms with van der Waals surface area (Å²) in [6.07, 6.45) is 1.65. The van der Waals surface area contributed by atoms with Crippen LogP contribution in [0, 0.1) is 0 Å². The van der Waals surface area contributed by atoms with Crippen LogP contribution in [-0.2, 0) is 13.0 Å². The minimum absolute atomic E-state index is 0. The van der Waals surface area contributed by atoms with E-state index >= 15 is 0 Å². The van der Waals surface area contributed by atoms with E-state index in [-0.39, 0.29) is 18.5 Å². The van der Waals surface area contributed by atoms with Gasteiger partial charge in [0.1, 0.15) is 5.82 Å².